The van der Waals surface area contributed by atoms with E-state index in [1.165, 1.54) is 32.2 Å². The summed E-state index contributed by atoms with van der Waals surface area (Å²) in [6.07, 6.45) is -0.959. The van der Waals surface area contributed by atoms with Crippen molar-refractivity contribution in [1.82, 2.24) is 10.6 Å². The van der Waals surface area contributed by atoms with Crippen LogP contribution in [0.5, 0.6) is 5.75 Å². The van der Waals surface area contributed by atoms with E-state index < -0.39 is 28.1 Å². The van der Waals surface area contributed by atoms with Gasteiger partial charge in [-0.3, -0.25) is 10.1 Å². The maximum absolute atomic E-state index is 11.6. The van der Waals surface area contributed by atoms with Gasteiger partial charge < -0.3 is 10.1 Å². The second-order valence-electron chi connectivity index (χ2n) is 3.97. The molecule has 0 radical (unpaired) electrons. The fraction of sp³-hybridized carbons (Fsp3) is 0.273. The number of nitrogens with one attached hydrogen (secondary N) is 2. The van der Waals surface area contributed by atoms with E-state index in [2.05, 4.69) is 26.6 Å². The van der Waals surface area contributed by atoms with Crippen molar-refractivity contribution in [2.75, 3.05) is 7.05 Å². The van der Waals surface area contributed by atoms with E-state index in [-0.39, 0.29) is 10.6 Å². The number of halogens is 1. The smallest absolute Gasteiger partial charge is 0.321 e. The zero-order chi connectivity index (χ0) is 16.2. The van der Waals surface area contributed by atoms with E-state index in [9.17, 15) is 18.0 Å². The topological polar surface area (TPSA) is 128 Å². The van der Waals surface area contributed by atoms with Crippen LogP contribution in [0.3, 0.4) is 0 Å². The number of carbonyl (C=O) groups is 2. The molecule has 1 aromatic rings. The first-order chi connectivity index (χ1) is 9.65. The highest BCUT2D eigenvalue weighted by Gasteiger charge is 2.19. The Morgan fingerprint density at radius 3 is 2.48 bits per heavy atom. The fourth-order valence-electron chi connectivity index (χ4n) is 1.27. The van der Waals surface area contributed by atoms with E-state index in [0.29, 0.717) is 4.47 Å². The van der Waals surface area contributed by atoms with Crippen molar-refractivity contribution in [1.29, 1.82) is 0 Å². The highest BCUT2D eigenvalue weighted by Crippen LogP contribution is 2.28. The van der Waals surface area contributed by atoms with Crippen molar-refractivity contribution in [3.63, 3.8) is 0 Å². The van der Waals surface area contributed by atoms with Crippen molar-refractivity contribution in [2.24, 2.45) is 5.14 Å². The number of benzene rings is 1. The van der Waals surface area contributed by atoms with Crippen molar-refractivity contribution < 1.29 is 22.7 Å². The third-order valence-corrected chi connectivity index (χ3v) is 3.90. The van der Waals surface area contributed by atoms with Gasteiger partial charge in [0.15, 0.2) is 6.10 Å². The number of hydrogen-bond acceptors (Lipinski definition) is 5. The molecular weight excluding hydrogens is 366 g/mol. The quantitative estimate of drug-likeness (QED) is 0.693. The van der Waals surface area contributed by atoms with E-state index in [1.807, 2.05) is 0 Å². The first-order valence-electron chi connectivity index (χ1n) is 5.66. The van der Waals surface area contributed by atoms with Gasteiger partial charge in [0.1, 0.15) is 5.75 Å². The molecule has 0 aliphatic rings. The van der Waals surface area contributed by atoms with Crippen molar-refractivity contribution in [2.45, 2.75) is 17.9 Å². The molecule has 1 aromatic carbocycles. The Bertz CT molecular complexity index is 662. The lowest BCUT2D eigenvalue weighted by molar-refractivity contribution is -0.126. The van der Waals surface area contributed by atoms with Crippen LogP contribution in [0.1, 0.15) is 6.92 Å². The number of rotatable bonds is 4. The minimum Gasteiger partial charge on any atom is -0.480 e. The van der Waals surface area contributed by atoms with E-state index in [4.69, 9.17) is 9.88 Å². The molecule has 1 unspecified atom stereocenters. The van der Waals surface area contributed by atoms with E-state index >= 15 is 0 Å². The summed E-state index contributed by atoms with van der Waals surface area (Å²) in [6.45, 7) is 1.44. The molecule has 3 amide bonds. The van der Waals surface area contributed by atoms with Crippen LogP contribution >= 0.6 is 15.9 Å². The molecule has 0 aliphatic heterocycles. The molecule has 116 valence electrons. The Labute approximate surface area is 130 Å². The monoisotopic (exact) mass is 379 g/mol. The molecule has 4 N–H and O–H groups in total. The van der Waals surface area contributed by atoms with Gasteiger partial charge in [-0.15, -0.1) is 0 Å². The molecule has 0 bridgehead atoms. The van der Waals surface area contributed by atoms with Gasteiger partial charge in [-0.25, -0.2) is 18.4 Å². The third kappa shape index (κ3) is 4.99. The Hall–Kier alpha value is -1.65. The summed E-state index contributed by atoms with van der Waals surface area (Å²) in [6, 6.07) is 3.21. The molecule has 0 saturated heterocycles. The second-order valence-corrected chi connectivity index (χ2v) is 6.38. The summed E-state index contributed by atoms with van der Waals surface area (Å²) < 4.78 is 28.0. The number of sulfonamides is 1. The van der Waals surface area contributed by atoms with Gasteiger partial charge >= 0.3 is 6.03 Å². The molecule has 0 saturated carbocycles. The van der Waals surface area contributed by atoms with Crippen LogP contribution in [0.2, 0.25) is 0 Å². The Kier molecular flexibility index (Phi) is 5.70. The highest BCUT2D eigenvalue weighted by atomic mass is 79.9. The van der Waals surface area contributed by atoms with Gasteiger partial charge in [0, 0.05) is 7.05 Å². The van der Waals surface area contributed by atoms with Gasteiger partial charge in [-0.1, -0.05) is 0 Å². The molecule has 21 heavy (non-hydrogen) atoms. The number of urea groups is 1. The molecule has 0 aliphatic carbocycles. The summed E-state index contributed by atoms with van der Waals surface area (Å²) in [5.74, 6) is -0.404. The van der Waals surface area contributed by atoms with Crippen molar-refractivity contribution in [3.05, 3.63) is 22.7 Å². The number of ether oxygens (including phenoxy) is 1. The third-order valence-electron chi connectivity index (χ3n) is 2.37. The number of amides is 3. The molecular formula is C11H14BrN3O5S. The molecule has 0 spiro atoms. The Morgan fingerprint density at radius 2 is 2.00 bits per heavy atom. The number of hydrogen-bond donors (Lipinski definition) is 3. The maximum Gasteiger partial charge on any atom is 0.321 e. The second kappa shape index (κ2) is 6.87. The summed E-state index contributed by atoms with van der Waals surface area (Å²) in [4.78, 5) is 22.5. The first kappa shape index (κ1) is 17.4. The lowest BCUT2D eigenvalue weighted by atomic mass is 10.3. The Balaban J connectivity index is 2.84. The van der Waals surface area contributed by atoms with Crippen molar-refractivity contribution >= 4 is 37.9 Å². The lowest BCUT2D eigenvalue weighted by Crippen LogP contribution is -2.44. The van der Waals surface area contributed by atoms with Crippen LogP contribution in [0, 0.1) is 0 Å². The molecule has 10 heteroatoms. The minimum atomic E-state index is -3.82. The lowest BCUT2D eigenvalue weighted by Gasteiger charge is -2.15. The standard InChI is InChI=1S/C11H14BrN3O5S/c1-6(10(16)15-11(17)14-2)20-9-4-3-7(5-8(9)12)21(13,18)19/h3-6H,1-2H3,(H2,13,18,19)(H2,14,15,16,17). The van der Waals surface area contributed by atoms with Gasteiger partial charge in [-0.2, -0.15) is 0 Å². The SMILES string of the molecule is CNC(=O)NC(=O)C(C)Oc1ccc(S(N)(=O)=O)cc1Br. The molecule has 0 heterocycles. The summed E-state index contributed by atoms with van der Waals surface area (Å²) in [5, 5.41) is 9.29. The first-order valence-corrected chi connectivity index (χ1v) is 8.00. The molecule has 1 atom stereocenters. The molecule has 8 nitrogen and oxygen atoms in total. The number of imide groups is 1. The number of carbonyl (C=O) groups excluding carboxylic acids is 2. The summed E-state index contributed by atoms with van der Waals surface area (Å²) in [7, 11) is -2.45. The van der Waals surface area contributed by atoms with Crippen molar-refractivity contribution in [3.8, 4) is 5.75 Å². The van der Waals surface area contributed by atoms with E-state index in [1.54, 1.807) is 0 Å². The maximum atomic E-state index is 11.6. The van der Waals surface area contributed by atoms with Crippen LogP contribution in [0.15, 0.2) is 27.6 Å². The van der Waals surface area contributed by atoms with Crippen LogP contribution in [0.4, 0.5) is 4.79 Å². The van der Waals surface area contributed by atoms with Crippen LogP contribution < -0.4 is 20.5 Å². The zero-order valence-electron chi connectivity index (χ0n) is 11.2. The Morgan fingerprint density at radius 1 is 1.38 bits per heavy atom. The summed E-state index contributed by atoms with van der Waals surface area (Å²) >= 11 is 3.13. The highest BCUT2D eigenvalue weighted by molar-refractivity contribution is 9.10. The number of nitrogens with two attached hydrogens (primary N) is 1. The number of primary sulfonamides is 1. The van der Waals surface area contributed by atoms with Crippen LogP contribution in [-0.4, -0.2) is 33.5 Å². The van der Waals surface area contributed by atoms with Gasteiger partial charge in [0.05, 0.1) is 9.37 Å². The predicted octanol–water partition coefficient (Wildman–Crippen LogP) is 0.319. The molecule has 0 aromatic heterocycles. The minimum absolute atomic E-state index is 0.0933. The van der Waals surface area contributed by atoms with Gasteiger partial charge in [-0.05, 0) is 41.1 Å². The average Bonchev–Trinajstić information content (AvgIpc) is 2.39. The van der Waals surface area contributed by atoms with E-state index in [0.717, 1.165) is 0 Å². The zero-order valence-corrected chi connectivity index (χ0v) is 13.6. The van der Waals surface area contributed by atoms with Crippen LogP contribution in [-0.2, 0) is 14.8 Å². The summed E-state index contributed by atoms with van der Waals surface area (Å²) in [5.41, 5.74) is 0. The normalized spacial score (nSPS) is 12.4. The fourth-order valence-corrected chi connectivity index (χ4v) is 2.44. The largest absolute Gasteiger partial charge is 0.480 e. The predicted molar refractivity (Wildman–Crippen MR) is 78.2 cm³/mol. The van der Waals surface area contributed by atoms with Crippen LogP contribution in [0.25, 0.3) is 0 Å². The average molecular weight is 380 g/mol. The van der Waals surface area contributed by atoms with Gasteiger partial charge in [0.2, 0.25) is 10.0 Å². The molecule has 0 fully saturated rings. The molecule has 1 rings (SSSR count). The van der Waals surface area contributed by atoms with Gasteiger partial charge in [0.25, 0.3) is 5.91 Å².